The zero-order valence-corrected chi connectivity index (χ0v) is 9.42. The predicted molar refractivity (Wildman–Crippen MR) is 66.4 cm³/mol. The number of benzene rings is 1. The van der Waals surface area contributed by atoms with Gasteiger partial charge < -0.3 is 5.73 Å². The molecule has 0 heterocycles. The minimum absolute atomic E-state index is 0.506. The minimum atomic E-state index is 0.506. The summed E-state index contributed by atoms with van der Waals surface area (Å²) in [4.78, 5) is 0. The normalized spacial score (nSPS) is 18.2. The van der Waals surface area contributed by atoms with Crippen molar-refractivity contribution in [3.63, 3.8) is 0 Å². The number of thioether (sulfide) groups is 1. The number of nitrogens with zero attached hydrogens (tertiary/aromatic N) is 2. The number of aryl methyl sites for hydroxylation is 1. The van der Waals surface area contributed by atoms with Crippen molar-refractivity contribution in [1.29, 1.82) is 0 Å². The van der Waals surface area contributed by atoms with Gasteiger partial charge in [0.05, 0.1) is 5.71 Å². The lowest BCUT2D eigenvalue weighted by atomic mass is 10.1. The van der Waals surface area contributed by atoms with Crippen LogP contribution >= 0.6 is 11.8 Å². The molecule has 0 fully saturated rings. The summed E-state index contributed by atoms with van der Waals surface area (Å²) in [7, 11) is 0. The Morgan fingerprint density at radius 3 is 2.93 bits per heavy atom. The van der Waals surface area contributed by atoms with E-state index >= 15 is 0 Å². The maximum Gasteiger partial charge on any atom is 0.180 e. The van der Waals surface area contributed by atoms with E-state index in [1.807, 2.05) is 12.3 Å². The number of rotatable bonds is 1. The summed E-state index contributed by atoms with van der Waals surface area (Å²) >= 11 is 1.41. The van der Waals surface area contributed by atoms with Crippen molar-refractivity contribution in [2.24, 2.45) is 15.9 Å². The van der Waals surface area contributed by atoms with E-state index in [9.17, 15) is 0 Å². The molecule has 15 heavy (non-hydrogen) atoms. The molecule has 0 spiro atoms. The van der Waals surface area contributed by atoms with Crippen LogP contribution in [0.5, 0.6) is 0 Å². The minimum Gasteiger partial charge on any atom is -0.377 e. The zero-order chi connectivity index (χ0) is 10.7. The molecule has 0 radical (unpaired) electrons. The van der Waals surface area contributed by atoms with Gasteiger partial charge in [-0.25, -0.2) is 0 Å². The van der Waals surface area contributed by atoms with E-state index in [0.29, 0.717) is 5.17 Å². The van der Waals surface area contributed by atoms with Gasteiger partial charge in [-0.2, -0.15) is 5.10 Å². The van der Waals surface area contributed by atoms with Crippen LogP contribution in [0.4, 0.5) is 0 Å². The molecule has 0 atom stereocenters. The Balaban J connectivity index is 2.28. The Labute approximate surface area is 93.5 Å². The smallest absolute Gasteiger partial charge is 0.180 e. The zero-order valence-electron chi connectivity index (χ0n) is 8.60. The van der Waals surface area contributed by atoms with Gasteiger partial charge in [-0.1, -0.05) is 36.0 Å². The first-order chi connectivity index (χ1) is 7.31. The van der Waals surface area contributed by atoms with Crippen molar-refractivity contribution in [3.05, 3.63) is 35.4 Å². The Bertz CT molecular complexity index is 424. The van der Waals surface area contributed by atoms with E-state index in [1.54, 1.807) is 0 Å². The Hall–Kier alpha value is -1.29. The highest BCUT2D eigenvalue weighted by atomic mass is 32.2. The highest BCUT2D eigenvalue weighted by Gasteiger charge is 2.16. The van der Waals surface area contributed by atoms with Gasteiger partial charge in [-0.15, -0.1) is 5.10 Å². The number of hydrogen-bond donors (Lipinski definition) is 1. The second-order valence-electron chi connectivity index (χ2n) is 3.35. The maximum atomic E-state index is 5.58. The van der Waals surface area contributed by atoms with Crippen molar-refractivity contribution >= 4 is 22.6 Å². The van der Waals surface area contributed by atoms with Gasteiger partial charge in [0, 0.05) is 5.56 Å². The van der Waals surface area contributed by atoms with Crippen LogP contribution in [0.25, 0.3) is 0 Å². The first-order valence-electron chi connectivity index (χ1n) is 4.83. The molecule has 1 aromatic rings. The fourth-order valence-electron chi connectivity index (χ4n) is 1.66. The highest BCUT2D eigenvalue weighted by molar-refractivity contribution is 8.13. The molecule has 1 aromatic carbocycles. The van der Waals surface area contributed by atoms with Crippen molar-refractivity contribution < 1.29 is 0 Å². The number of amidine groups is 1. The molecule has 0 aromatic heterocycles. The lowest BCUT2D eigenvalue weighted by Crippen LogP contribution is -2.05. The Morgan fingerprint density at radius 1 is 1.33 bits per heavy atom. The Kier molecular flexibility index (Phi) is 3.06. The number of hydrogen-bond acceptors (Lipinski definition) is 3. The van der Waals surface area contributed by atoms with Gasteiger partial charge in [0.1, 0.15) is 0 Å². The van der Waals surface area contributed by atoms with Crippen LogP contribution in [-0.2, 0) is 6.42 Å². The second kappa shape index (κ2) is 4.49. The monoisotopic (exact) mass is 219 g/mol. The third-order valence-corrected chi connectivity index (χ3v) is 2.94. The summed E-state index contributed by atoms with van der Waals surface area (Å²) in [5.74, 6) is 0. The van der Waals surface area contributed by atoms with Crippen LogP contribution in [0, 0.1) is 0 Å². The number of fused-ring (bicyclic) bond motifs is 1. The van der Waals surface area contributed by atoms with Crippen LogP contribution in [0.1, 0.15) is 17.5 Å². The molecular formula is C11H13N3S. The van der Waals surface area contributed by atoms with Gasteiger partial charge in [-0.3, -0.25) is 0 Å². The van der Waals surface area contributed by atoms with E-state index < -0.39 is 0 Å². The van der Waals surface area contributed by atoms with Gasteiger partial charge in [-0.05, 0) is 24.7 Å². The van der Waals surface area contributed by atoms with Crippen LogP contribution in [0.2, 0.25) is 0 Å². The SMILES string of the molecule is CSC(N)=NN=C1CCc2ccccc21. The predicted octanol–water partition coefficient (Wildman–Crippen LogP) is 2.01. The first-order valence-corrected chi connectivity index (χ1v) is 6.06. The lowest BCUT2D eigenvalue weighted by molar-refractivity contribution is 1.08. The van der Waals surface area contributed by atoms with E-state index in [2.05, 4.69) is 28.4 Å². The molecule has 0 saturated carbocycles. The quantitative estimate of drug-likeness (QED) is 0.446. The third-order valence-electron chi connectivity index (χ3n) is 2.44. The first kappa shape index (κ1) is 10.2. The van der Waals surface area contributed by atoms with Crippen LogP contribution in [-0.4, -0.2) is 17.1 Å². The van der Waals surface area contributed by atoms with Crippen molar-refractivity contribution in [3.8, 4) is 0 Å². The lowest BCUT2D eigenvalue weighted by Gasteiger charge is -1.97. The molecule has 1 aliphatic rings. The molecule has 0 aliphatic heterocycles. The van der Waals surface area contributed by atoms with Crippen LogP contribution < -0.4 is 5.73 Å². The molecule has 0 bridgehead atoms. The van der Waals surface area contributed by atoms with Crippen molar-refractivity contribution in [2.45, 2.75) is 12.8 Å². The van der Waals surface area contributed by atoms with Gasteiger partial charge in [0.25, 0.3) is 0 Å². The molecule has 78 valence electrons. The molecular weight excluding hydrogens is 206 g/mol. The standard InChI is InChI=1S/C11H13N3S/c1-15-11(12)14-13-10-7-6-8-4-2-3-5-9(8)10/h2-5H,6-7H2,1H3,(H2,12,14). The fraction of sp³-hybridized carbons (Fsp3) is 0.273. The average molecular weight is 219 g/mol. The summed E-state index contributed by atoms with van der Waals surface area (Å²) in [5, 5.41) is 8.67. The second-order valence-corrected chi connectivity index (χ2v) is 4.17. The Morgan fingerprint density at radius 2 is 2.13 bits per heavy atom. The molecule has 4 heteroatoms. The average Bonchev–Trinajstić information content (AvgIpc) is 2.69. The van der Waals surface area contributed by atoms with Crippen LogP contribution in [0.3, 0.4) is 0 Å². The largest absolute Gasteiger partial charge is 0.377 e. The van der Waals surface area contributed by atoms with E-state index in [0.717, 1.165) is 18.6 Å². The summed E-state index contributed by atoms with van der Waals surface area (Å²) < 4.78 is 0. The van der Waals surface area contributed by atoms with Crippen LogP contribution in [0.15, 0.2) is 34.5 Å². The van der Waals surface area contributed by atoms with E-state index in [-0.39, 0.29) is 0 Å². The summed E-state index contributed by atoms with van der Waals surface area (Å²) in [5.41, 5.74) is 9.19. The summed E-state index contributed by atoms with van der Waals surface area (Å²) in [6.45, 7) is 0. The summed E-state index contributed by atoms with van der Waals surface area (Å²) in [6, 6.07) is 8.31. The molecule has 3 nitrogen and oxygen atoms in total. The highest BCUT2D eigenvalue weighted by Crippen LogP contribution is 2.22. The molecule has 0 unspecified atom stereocenters. The van der Waals surface area contributed by atoms with E-state index in [1.165, 1.54) is 22.9 Å². The van der Waals surface area contributed by atoms with Crippen molar-refractivity contribution in [1.82, 2.24) is 0 Å². The molecule has 2 rings (SSSR count). The summed E-state index contributed by atoms with van der Waals surface area (Å²) in [6.07, 6.45) is 3.91. The molecule has 1 aliphatic carbocycles. The van der Waals surface area contributed by atoms with Gasteiger partial charge in [0.15, 0.2) is 5.17 Å². The molecule has 2 N–H and O–H groups in total. The fourth-order valence-corrected chi connectivity index (χ4v) is 1.78. The van der Waals surface area contributed by atoms with Gasteiger partial charge >= 0.3 is 0 Å². The molecule has 0 amide bonds. The van der Waals surface area contributed by atoms with E-state index in [4.69, 9.17) is 5.73 Å². The third kappa shape index (κ3) is 2.21. The maximum absolute atomic E-state index is 5.58. The molecule has 0 saturated heterocycles. The topological polar surface area (TPSA) is 50.7 Å². The van der Waals surface area contributed by atoms with Gasteiger partial charge in [0.2, 0.25) is 0 Å². The number of nitrogens with two attached hydrogens (primary N) is 1. The van der Waals surface area contributed by atoms with Crippen molar-refractivity contribution in [2.75, 3.05) is 6.26 Å².